The van der Waals surface area contributed by atoms with Crippen LogP contribution in [0.25, 0.3) is 0 Å². The van der Waals surface area contributed by atoms with Gasteiger partial charge in [-0.1, -0.05) is 12.1 Å². The summed E-state index contributed by atoms with van der Waals surface area (Å²) in [5, 5.41) is 21.0. The van der Waals surface area contributed by atoms with Crippen LogP contribution in [0.2, 0.25) is 0 Å². The average molecular weight is 382 g/mol. The van der Waals surface area contributed by atoms with Crippen LogP contribution >= 0.6 is 0 Å². The summed E-state index contributed by atoms with van der Waals surface area (Å²) in [5.74, 6) is -4.22. The quantitative estimate of drug-likeness (QED) is 0.671. The third-order valence-corrected chi connectivity index (χ3v) is 6.13. The van der Waals surface area contributed by atoms with Gasteiger partial charge in [0.2, 0.25) is 0 Å². The van der Waals surface area contributed by atoms with Crippen LogP contribution in [0.3, 0.4) is 0 Å². The highest BCUT2D eigenvalue weighted by Crippen LogP contribution is 2.49. The van der Waals surface area contributed by atoms with Crippen molar-refractivity contribution in [3.63, 3.8) is 0 Å². The predicted molar refractivity (Wildman–Crippen MR) is 102 cm³/mol. The maximum atomic E-state index is 13.2. The van der Waals surface area contributed by atoms with Crippen LogP contribution in [0.1, 0.15) is 28.8 Å². The number of primary amides is 1. The summed E-state index contributed by atoms with van der Waals surface area (Å²) in [6.45, 7) is 0. The number of hydrogen-bond donors (Lipinski definition) is 3. The number of aliphatic hydroxyl groups is 2. The van der Waals surface area contributed by atoms with Crippen molar-refractivity contribution in [1.82, 2.24) is 0 Å². The fourth-order valence-electron chi connectivity index (χ4n) is 4.97. The summed E-state index contributed by atoms with van der Waals surface area (Å²) in [5.41, 5.74) is 7.43. The molecule has 4 N–H and O–H groups in total. The lowest BCUT2D eigenvalue weighted by molar-refractivity contribution is -0.126. The van der Waals surface area contributed by atoms with Crippen LogP contribution < -0.4 is 10.6 Å². The molecule has 1 aromatic carbocycles. The molecule has 0 bridgehead atoms. The van der Waals surface area contributed by atoms with E-state index in [0.717, 1.165) is 11.3 Å². The highest BCUT2D eigenvalue weighted by Gasteiger charge is 2.49. The lowest BCUT2D eigenvalue weighted by Crippen LogP contribution is -2.43. The molecule has 0 fully saturated rings. The molecule has 7 nitrogen and oxygen atoms in total. The molecular weight excluding hydrogens is 360 g/mol. The summed E-state index contributed by atoms with van der Waals surface area (Å²) in [6.07, 6.45) is 1.12. The van der Waals surface area contributed by atoms with Crippen molar-refractivity contribution in [2.24, 2.45) is 23.5 Å². The molecule has 0 saturated heterocycles. The number of nitrogens with two attached hydrogens (primary N) is 1. The molecule has 0 radical (unpaired) electrons. The smallest absolute Gasteiger partial charge is 0.255 e. The number of ketones is 2. The average Bonchev–Trinajstić information content (AvgIpc) is 2.60. The van der Waals surface area contributed by atoms with E-state index in [9.17, 15) is 24.6 Å². The van der Waals surface area contributed by atoms with E-state index < -0.39 is 23.2 Å². The molecule has 1 aromatic rings. The Hall–Kier alpha value is -3.09. The second kappa shape index (κ2) is 6.22. The van der Waals surface area contributed by atoms with Gasteiger partial charge in [0.1, 0.15) is 17.1 Å². The summed E-state index contributed by atoms with van der Waals surface area (Å²) in [6, 6.07) is 5.48. The number of nitrogens with zero attached hydrogens (tertiary/aromatic N) is 1. The highest BCUT2D eigenvalue weighted by molar-refractivity contribution is 6.22. The zero-order valence-corrected chi connectivity index (χ0v) is 15.7. The van der Waals surface area contributed by atoms with Gasteiger partial charge in [-0.25, -0.2) is 0 Å². The van der Waals surface area contributed by atoms with Gasteiger partial charge in [0.15, 0.2) is 11.6 Å². The Kier molecular flexibility index (Phi) is 4.06. The largest absolute Gasteiger partial charge is 0.511 e. The number of carbonyl (C=O) groups excluding carboxylic acids is 3. The first-order chi connectivity index (χ1) is 13.2. The molecule has 0 heterocycles. The van der Waals surface area contributed by atoms with Gasteiger partial charge in [-0.05, 0) is 36.3 Å². The Labute approximate surface area is 162 Å². The molecule has 7 heteroatoms. The Morgan fingerprint density at radius 3 is 2.54 bits per heavy atom. The van der Waals surface area contributed by atoms with Crippen molar-refractivity contribution < 1.29 is 24.6 Å². The van der Waals surface area contributed by atoms with E-state index in [4.69, 9.17) is 5.73 Å². The van der Waals surface area contributed by atoms with Gasteiger partial charge < -0.3 is 20.8 Å². The highest BCUT2D eigenvalue weighted by atomic mass is 16.3. The minimum absolute atomic E-state index is 0.0822. The molecule has 0 spiro atoms. The third-order valence-electron chi connectivity index (χ3n) is 6.13. The number of anilines is 1. The number of benzene rings is 1. The molecule has 4 rings (SSSR count). The van der Waals surface area contributed by atoms with Crippen LogP contribution in [0, 0.1) is 17.8 Å². The van der Waals surface area contributed by atoms with E-state index in [2.05, 4.69) is 0 Å². The predicted octanol–water partition coefficient (Wildman–Crippen LogP) is 1.83. The minimum Gasteiger partial charge on any atom is -0.511 e. The molecule has 3 aliphatic carbocycles. The minimum atomic E-state index is -1.02. The van der Waals surface area contributed by atoms with Crippen molar-refractivity contribution in [1.29, 1.82) is 0 Å². The Balaban J connectivity index is 1.83. The topological polar surface area (TPSA) is 121 Å². The van der Waals surface area contributed by atoms with Gasteiger partial charge in [0.05, 0.1) is 5.92 Å². The first kappa shape index (κ1) is 18.3. The lowest BCUT2D eigenvalue weighted by atomic mass is 9.62. The monoisotopic (exact) mass is 382 g/mol. The number of aliphatic hydroxyl groups excluding tert-OH is 2. The number of fused-ring (bicyclic) bond motifs is 3. The van der Waals surface area contributed by atoms with E-state index in [-0.39, 0.29) is 41.1 Å². The molecule has 3 unspecified atom stereocenters. The van der Waals surface area contributed by atoms with Gasteiger partial charge in [0.25, 0.3) is 5.91 Å². The van der Waals surface area contributed by atoms with Gasteiger partial charge in [-0.2, -0.15) is 0 Å². The number of hydrogen-bond acceptors (Lipinski definition) is 6. The van der Waals surface area contributed by atoms with Crippen molar-refractivity contribution in [2.75, 3.05) is 19.0 Å². The second-order valence-corrected chi connectivity index (χ2v) is 7.95. The fourth-order valence-corrected chi connectivity index (χ4v) is 4.97. The van der Waals surface area contributed by atoms with E-state index >= 15 is 0 Å². The SMILES string of the molecule is CN(C)c1cccc2c1CC1CC3CC(O)=C(C(N)=O)C(=O)C3C(O)=C1C2=O. The molecule has 28 heavy (non-hydrogen) atoms. The zero-order valence-electron chi connectivity index (χ0n) is 15.7. The van der Waals surface area contributed by atoms with Gasteiger partial charge in [-0.3, -0.25) is 14.4 Å². The van der Waals surface area contributed by atoms with E-state index in [1.807, 2.05) is 25.1 Å². The van der Waals surface area contributed by atoms with E-state index in [0.29, 0.717) is 18.4 Å². The Morgan fingerprint density at radius 2 is 1.89 bits per heavy atom. The number of Topliss-reactive ketones (excluding diaryl/α,β-unsaturated/α-hetero) is 2. The third kappa shape index (κ3) is 2.46. The molecule has 0 aliphatic heterocycles. The summed E-state index contributed by atoms with van der Waals surface area (Å²) >= 11 is 0. The maximum absolute atomic E-state index is 13.2. The summed E-state index contributed by atoms with van der Waals surface area (Å²) in [4.78, 5) is 39.5. The van der Waals surface area contributed by atoms with Gasteiger partial charge >= 0.3 is 0 Å². The molecule has 0 saturated carbocycles. The second-order valence-electron chi connectivity index (χ2n) is 7.95. The molecule has 1 amide bonds. The van der Waals surface area contributed by atoms with Crippen LogP contribution in [0.5, 0.6) is 0 Å². The molecule has 3 atom stereocenters. The van der Waals surface area contributed by atoms with Gasteiger partial charge in [0, 0.05) is 37.3 Å². The number of rotatable bonds is 2. The van der Waals surface area contributed by atoms with Crippen LogP contribution in [-0.2, 0) is 16.0 Å². The number of carbonyl (C=O) groups is 3. The van der Waals surface area contributed by atoms with Crippen molar-refractivity contribution in [3.8, 4) is 0 Å². The Morgan fingerprint density at radius 1 is 1.18 bits per heavy atom. The maximum Gasteiger partial charge on any atom is 0.255 e. The number of amides is 1. The Bertz CT molecular complexity index is 989. The molecule has 146 valence electrons. The van der Waals surface area contributed by atoms with E-state index in [1.54, 1.807) is 12.1 Å². The summed E-state index contributed by atoms with van der Waals surface area (Å²) in [7, 11) is 3.82. The first-order valence-corrected chi connectivity index (χ1v) is 9.25. The van der Waals surface area contributed by atoms with Crippen molar-refractivity contribution >= 4 is 23.2 Å². The normalized spacial score (nSPS) is 26.6. The summed E-state index contributed by atoms with van der Waals surface area (Å²) < 4.78 is 0. The van der Waals surface area contributed by atoms with Crippen molar-refractivity contribution in [2.45, 2.75) is 19.3 Å². The van der Waals surface area contributed by atoms with Crippen LogP contribution in [-0.4, -0.2) is 41.8 Å². The van der Waals surface area contributed by atoms with Crippen LogP contribution in [0.4, 0.5) is 5.69 Å². The molecular formula is C21H22N2O5. The molecule has 0 aromatic heterocycles. The fraction of sp³-hybridized carbons (Fsp3) is 0.381. The number of allylic oxidation sites excluding steroid dienone is 3. The standard InChI is InChI=1S/C21H22N2O5/c1-23(2)13-5-3-4-11-12(13)7-9-6-10-8-14(24)17(21(22)28)20(27)16(10)19(26)15(9)18(11)25/h3-5,9-10,16,24,26H,6-8H2,1-2H3,(H2,22,28). The van der Waals surface area contributed by atoms with Gasteiger partial charge in [-0.15, -0.1) is 0 Å². The lowest BCUT2D eigenvalue weighted by Gasteiger charge is -2.41. The van der Waals surface area contributed by atoms with Crippen LogP contribution in [0.15, 0.2) is 40.9 Å². The molecule has 3 aliphatic rings. The zero-order chi connectivity index (χ0) is 20.3. The first-order valence-electron chi connectivity index (χ1n) is 9.25. The van der Waals surface area contributed by atoms with Crippen molar-refractivity contribution in [3.05, 3.63) is 52.0 Å². The van der Waals surface area contributed by atoms with E-state index in [1.165, 1.54) is 0 Å².